The summed E-state index contributed by atoms with van der Waals surface area (Å²) in [6, 6.07) is 6.50. The Labute approximate surface area is 123 Å². The van der Waals surface area contributed by atoms with Gasteiger partial charge in [-0.3, -0.25) is 0 Å². The van der Waals surface area contributed by atoms with Crippen LogP contribution in [0.5, 0.6) is 11.5 Å². The van der Waals surface area contributed by atoms with Crippen LogP contribution in [0.25, 0.3) is 0 Å². The number of likely N-dealkylation sites (N-methyl/N-ethyl adjacent to an activating group) is 1. The molecule has 1 atom stereocenters. The molecule has 0 saturated carbocycles. The fourth-order valence-electron chi connectivity index (χ4n) is 2.22. The molecule has 0 amide bonds. The van der Waals surface area contributed by atoms with Crippen molar-refractivity contribution in [2.24, 2.45) is 0 Å². The normalized spacial score (nSPS) is 12.5. The van der Waals surface area contributed by atoms with Gasteiger partial charge in [0.05, 0.1) is 14.2 Å². The van der Waals surface area contributed by atoms with Crippen LogP contribution in [0, 0.1) is 0 Å². The number of nitrogens with one attached hydrogen (secondary N) is 1. The van der Waals surface area contributed by atoms with Crippen LogP contribution in [0.1, 0.15) is 26.3 Å². The van der Waals surface area contributed by atoms with E-state index in [0.29, 0.717) is 6.04 Å². The van der Waals surface area contributed by atoms with Crippen molar-refractivity contribution in [2.75, 3.05) is 33.9 Å². The molecule has 1 N–H and O–H groups in total. The van der Waals surface area contributed by atoms with Crippen LogP contribution in [0.4, 0.5) is 0 Å². The van der Waals surface area contributed by atoms with E-state index in [1.807, 2.05) is 12.1 Å². The van der Waals surface area contributed by atoms with Gasteiger partial charge in [-0.05, 0) is 37.7 Å². The van der Waals surface area contributed by atoms with Crippen molar-refractivity contribution >= 4 is 0 Å². The second-order valence-electron chi connectivity index (χ2n) is 4.96. The third-order valence-electron chi connectivity index (χ3n) is 3.53. The second kappa shape index (κ2) is 8.82. The predicted molar refractivity (Wildman–Crippen MR) is 83.6 cm³/mol. The lowest BCUT2D eigenvalue weighted by atomic mass is 10.2. The van der Waals surface area contributed by atoms with Crippen molar-refractivity contribution in [2.45, 2.75) is 33.4 Å². The summed E-state index contributed by atoms with van der Waals surface area (Å²) in [5.41, 5.74) is 1.20. The number of benzene rings is 1. The summed E-state index contributed by atoms with van der Waals surface area (Å²) in [6.45, 7) is 10.7. The molecule has 0 aliphatic carbocycles. The van der Waals surface area contributed by atoms with E-state index < -0.39 is 0 Å². The van der Waals surface area contributed by atoms with Gasteiger partial charge in [-0.1, -0.05) is 19.9 Å². The van der Waals surface area contributed by atoms with E-state index in [4.69, 9.17) is 9.47 Å². The first-order valence-electron chi connectivity index (χ1n) is 7.31. The van der Waals surface area contributed by atoms with Crippen molar-refractivity contribution in [3.05, 3.63) is 23.8 Å². The lowest BCUT2D eigenvalue weighted by Crippen LogP contribution is -2.38. The topological polar surface area (TPSA) is 33.7 Å². The van der Waals surface area contributed by atoms with Crippen LogP contribution in [-0.4, -0.2) is 44.8 Å². The fraction of sp³-hybridized carbons (Fsp3) is 0.625. The molecule has 1 rings (SSSR count). The maximum Gasteiger partial charge on any atom is 0.161 e. The van der Waals surface area contributed by atoms with E-state index in [-0.39, 0.29) is 0 Å². The molecule has 0 spiro atoms. The van der Waals surface area contributed by atoms with Gasteiger partial charge in [-0.2, -0.15) is 0 Å². The Balaban J connectivity index is 2.52. The number of ether oxygens (including phenoxy) is 2. The predicted octanol–water partition coefficient (Wildman–Crippen LogP) is 2.52. The Morgan fingerprint density at radius 1 is 1.10 bits per heavy atom. The van der Waals surface area contributed by atoms with Crippen LogP contribution >= 0.6 is 0 Å². The van der Waals surface area contributed by atoms with Gasteiger partial charge in [0.25, 0.3) is 0 Å². The first-order valence-corrected chi connectivity index (χ1v) is 7.31. The molecule has 1 aromatic carbocycles. The van der Waals surface area contributed by atoms with E-state index in [1.165, 1.54) is 5.56 Å². The molecule has 4 nitrogen and oxygen atoms in total. The monoisotopic (exact) mass is 280 g/mol. The second-order valence-corrected chi connectivity index (χ2v) is 4.96. The zero-order valence-corrected chi connectivity index (χ0v) is 13.4. The molecular formula is C16H28N2O2. The third-order valence-corrected chi connectivity index (χ3v) is 3.53. The molecule has 0 heterocycles. The van der Waals surface area contributed by atoms with Crippen molar-refractivity contribution in [1.29, 1.82) is 0 Å². The average molecular weight is 280 g/mol. The summed E-state index contributed by atoms with van der Waals surface area (Å²) >= 11 is 0. The molecule has 0 aliphatic rings. The molecule has 0 fully saturated rings. The molecule has 1 aromatic rings. The van der Waals surface area contributed by atoms with Crippen molar-refractivity contribution < 1.29 is 9.47 Å². The SMILES string of the molecule is CCN(CC)CC(C)NCc1ccc(OC)c(OC)c1. The molecule has 0 aromatic heterocycles. The van der Waals surface area contributed by atoms with E-state index in [2.05, 4.69) is 37.1 Å². The quantitative estimate of drug-likeness (QED) is 0.753. The molecule has 0 aliphatic heterocycles. The van der Waals surface area contributed by atoms with Crippen molar-refractivity contribution in [1.82, 2.24) is 10.2 Å². The van der Waals surface area contributed by atoms with E-state index >= 15 is 0 Å². The summed E-state index contributed by atoms with van der Waals surface area (Å²) in [5.74, 6) is 1.55. The van der Waals surface area contributed by atoms with Crippen LogP contribution in [0.15, 0.2) is 18.2 Å². The minimum Gasteiger partial charge on any atom is -0.493 e. The number of hydrogen-bond acceptors (Lipinski definition) is 4. The highest BCUT2D eigenvalue weighted by molar-refractivity contribution is 5.42. The standard InChI is InChI=1S/C16H28N2O2/c1-6-18(7-2)12-13(3)17-11-14-8-9-15(19-4)16(10-14)20-5/h8-10,13,17H,6-7,11-12H2,1-5H3. The Hall–Kier alpha value is -1.26. The number of nitrogens with zero attached hydrogens (tertiary/aromatic N) is 1. The van der Waals surface area contributed by atoms with Gasteiger partial charge < -0.3 is 19.7 Å². The van der Waals surface area contributed by atoms with Crippen LogP contribution in [0.3, 0.4) is 0 Å². The Morgan fingerprint density at radius 3 is 2.30 bits per heavy atom. The third kappa shape index (κ3) is 5.02. The largest absolute Gasteiger partial charge is 0.493 e. The molecule has 4 heteroatoms. The molecule has 20 heavy (non-hydrogen) atoms. The summed E-state index contributed by atoms with van der Waals surface area (Å²) in [6.07, 6.45) is 0. The van der Waals surface area contributed by atoms with Gasteiger partial charge in [0.2, 0.25) is 0 Å². The molecule has 0 saturated heterocycles. The van der Waals surface area contributed by atoms with Crippen molar-refractivity contribution in [3.8, 4) is 11.5 Å². The smallest absolute Gasteiger partial charge is 0.161 e. The maximum atomic E-state index is 5.32. The minimum absolute atomic E-state index is 0.461. The Bertz CT molecular complexity index is 392. The van der Waals surface area contributed by atoms with E-state index in [9.17, 15) is 0 Å². The van der Waals surface area contributed by atoms with Gasteiger partial charge in [0, 0.05) is 19.1 Å². The lowest BCUT2D eigenvalue weighted by molar-refractivity contribution is 0.270. The van der Waals surface area contributed by atoms with Gasteiger partial charge in [-0.15, -0.1) is 0 Å². The molecule has 0 radical (unpaired) electrons. The summed E-state index contributed by atoms with van der Waals surface area (Å²) in [5, 5.41) is 3.55. The first-order chi connectivity index (χ1) is 9.64. The Kier molecular flexibility index (Phi) is 7.41. The van der Waals surface area contributed by atoms with Gasteiger partial charge in [0.1, 0.15) is 0 Å². The van der Waals surface area contributed by atoms with Crippen LogP contribution in [-0.2, 0) is 6.54 Å². The average Bonchev–Trinajstić information content (AvgIpc) is 2.50. The van der Waals surface area contributed by atoms with E-state index in [0.717, 1.165) is 37.7 Å². The number of hydrogen-bond donors (Lipinski definition) is 1. The van der Waals surface area contributed by atoms with Crippen LogP contribution < -0.4 is 14.8 Å². The minimum atomic E-state index is 0.461. The maximum absolute atomic E-state index is 5.32. The zero-order chi connectivity index (χ0) is 15.0. The molecule has 0 bridgehead atoms. The summed E-state index contributed by atoms with van der Waals surface area (Å²) < 4.78 is 10.6. The zero-order valence-electron chi connectivity index (χ0n) is 13.4. The van der Waals surface area contributed by atoms with Gasteiger partial charge >= 0.3 is 0 Å². The highest BCUT2D eigenvalue weighted by Crippen LogP contribution is 2.27. The fourth-order valence-corrected chi connectivity index (χ4v) is 2.22. The molecular weight excluding hydrogens is 252 g/mol. The lowest BCUT2D eigenvalue weighted by Gasteiger charge is -2.23. The molecule has 114 valence electrons. The first kappa shape index (κ1) is 16.8. The van der Waals surface area contributed by atoms with Crippen molar-refractivity contribution in [3.63, 3.8) is 0 Å². The number of methoxy groups -OCH3 is 2. The van der Waals surface area contributed by atoms with Gasteiger partial charge in [-0.25, -0.2) is 0 Å². The summed E-state index contributed by atoms with van der Waals surface area (Å²) in [7, 11) is 3.32. The Morgan fingerprint density at radius 2 is 1.75 bits per heavy atom. The summed E-state index contributed by atoms with van der Waals surface area (Å²) in [4.78, 5) is 2.42. The highest BCUT2D eigenvalue weighted by atomic mass is 16.5. The van der Waals surface area contributed by atoms with E-state index in [1.54, 1.807) is 14.2 Å². The van der Waals surface area contributed by atoms with Gasteiger partial charge in [0.15, 0.2) is 11.5 Å². The molecule has 1 unspecified atom stereocenters. The van der Waals surface area contributed by atoms with Crippen LogP contribution in [0.2, 0.25) is 0 Å². The number of rotatable bonds is 9. The highest BCUT2D eigenvalue weighted by Gasteiger charge is 2.08.